The molecule has 0 fully saturated rings. The van der Waals surface area contributed by atoms with Crippen LogP contribution in [0.1, 0.15) is 21.6 Å². The predicted octanol–water partition coefficient (Wildman–Crippen LogP) is 5.29. The first kappa shape index (κ1) is 16.4. The van der Waals surface area contributed by atoms with Crippen LogP contribution in [-0.2, 0) is 6.42 Å². The molecule has 1 heterocycles. The summed E-state index contributed by atoms with van der Waals surface area (Å²) in [4.78, 5) is 12.1. The molecule has 0 N–H and O–H groups in total. The maximum absolute atomic E-state index is 12.1. The number of rotatable bonds is 4. The van der Waals surface area contributed by atoms with Crippen molar-refractivity contribution >= 4 is 28.5 Å². The molecular weight excluding hydrogens is 350 g/mol. The van der Waals surface area contributed by atoms with Crippen molar-refractivity contribution in [2.75, 3.05) is 0 Å². The zero-order valence-electron chi connectivity index (χ0n) is 13.7. The van der Waals surface area contributed by atoms with E-state index in [0.29, 0.717) is 28.3 Å². The van der Waals surface area contributed by atoms with Crippen LogP contribution in [0.3, 0.4) is 0 Å². The van der Waals surface area contributed by atoms with E-state index >= 15 is 0 Å². The lowest BCUT2D eigenvalue weighted by Crippen LogP contribution is -2.07. The molecule has 0 aliphatic rings. The molecular formula is C21H14ClNO3. The van der Waals surface area contributed by atoms with Gasteiger partial charge in [0.2, 0.25) is 0 Å². The van der Waals surface area contributed by atoms with Crippen molar-refractivity contribution in [1.82, 2.24) is 5.16 Å². The molecule has 0 atom stereocenters. The smallest absolute Gasteiger partial charge is 0.343 e. The SMILES string of the molecule is O=C(Oc1ccc2c(Cc3ccc(Cl)cc3)noc2c1)c1ccccc1. The lowest BCUT2D eigenvalue weighted by Gasteiger charge is -2.04. The molecule has 4 rings (SSSR count). The molecule has 26 heavy (non-hydrogen) atoms. The molecule has 1 aromatic heterocycles. The van der Waals surface area contributed by atoms with Crippen molar-refractivity contribution in [3.05, 3.63) is 94.6 Å². The van der Waals surface area contributed by atoms with E-state index < -0.39 is 5.97 Å². The fourth-order valence-corrected chi connectivity index (χ4v) is 2.82. The second-order valence-corrected chi connectivity index (χ2v) is 6.28. The number of hydrogen-bond donors (Lipinski definition) is 0. The van der Waals surface area contributed by atoms with Crippen molar-refractivity contribution in [2.24, 2.45) is 0 Å². The quantitative estimate of drug-likeness (QED) is 0.365. The Kier molecular flexibility index (Phi) is 4.42. The van der Waals surface area contributed by atoms with Crippen molar-refractivity contribution in [3.8, 4) is 5.75 Å². The van der Waals surface area contributed by atoms with Crippen LogP contribution in [0.15, 0.2) is 77.3 Å². The molecule has 3 aromatic carbocycles. The first-order valence-corrected chi connectivity index (χ1v) is 8.47. The van der Waals surface area contributed by atoms with Crippen LogP contribution in [0.2, 0.25) is 5.02 Å². The van der Waals surface area contributed by atoms with Gasteiger partial charge in [0.25, 0.3) is 0 Å². The standard InChI is InChI=1S/C21H14ClNO3/c22-16-8-6-14(7-9-16)12-19-18-11-10-17(13-20(18)26-23-19)25-21(24)15-4-2-1-3-5-15/h1-11,13H,12H2. The van der Waals surface area contributed by atoms with E-state index in [1.165, 1.54) is 0 Å². The maximum Gasteiger partial charge on any atom is 0.343 e. The molecule has 4 nitrogen and oxygen atoms in total. The summed E-state index contributed by atoms with van der Waals surface area (Å²) < 4.78 is 10.8. The van der Waals surface area contributed by atoms with E-state index in [9.17, 15) is 4.79 Å². The molecule has 0 aliphatic heterocycles. The van der Waals surface area contributed by atoms with Gasteiger partial charge in [-0.05, 0) is 42.0 Å². The van der Waals surface area contributed by atoms with Crippen molar-refractivity contribution in [1.29, 1.82) is 0 Å². The highest BCUT2D eigenvalue weighted by Gasteiger charge is 2.13. The van der Waals surface area contributed by atoms with Crippen LogP contribution in [0.5, 0.6) is 5.75 Å². The monoisotopic (exact) mass is 363 g/mol. The van der Waals surface area contributed by atoms with E-state index in [4.69, 9.17) is 20.9 Å². The minimum absolute atomic E-state index is 0.411. The molecule has 0 saturated carbocycles. The maximum atomic E-state index is 12.1. The largest absolute Gasteiger partial charge is 0.423 e. The molecule has 0 unspecified atom stereocenters. The molecule has 5 heteroatoms. The van der Waals surface area contributed by atoms with Crippen LogP contribution >= 0.6 is 11.6 Å². The van der Waals surface area contributed by atoms with Gasteiger partial charge in [0.05, 0.1) is 11.3 Å². The summed E-state index contributed by atoms with van der Waals surface area (Å²) >= 11 is 5.92. The Bertz CT molecular complexity index is 1060. The molecule has 0 saturated heterocycles. The van der Waals surface area contributed by atoms with Gasteiger partial charge in [0, 0.05) is 22.9 Å². The zero-order chi connectivity index (χ0) is 17.9. The number of esters is 1. The van der Waals surface area contributed by atoms with E-state index in [1.54, 1.807) is 36.4 Å². The van der Waals surface area contributed by atoms with Gasteiger partial charge < -0.3 is 9.26 Å². The summed E-state index contributed by atoms with van der Waals surface area (Å²) in [6.45, 7) is 0. The topological polar surface area (TPSA) is 52.3 Å². The van der Waals surface area contributed by atoms with Crippen LogP contribution < -0.4 is 4.74 Å². The Balaban J connectivity index is 1.55. The van der Waals surface area contributed by atoms with Crippen LogP contribution in [0.25, 0.3) is 11.0 Å². The Labute approximate surface area is 155 Å². The van der Waals surface area contributed by atoms with Crippen LogP contribution in [-0.4, -0.2) is 11.1 Å². The Hall–Kier alpha value is -3.11. The molecule has 0 bridgehead atoms. The summed E-state index contributed by atoms with van der Waals surface area (Å²) in [5, 5.41) is 5.73. The number of ether oxygens (including phenoxy) is 1. The average molecular weight is 364 g/mol. The highest BCUT2D eigenvalue weighted by molar-refractivity contribution is 6.30. The number of nitrogens with zero attached hydrogens (tertiary/aromatic N) is 1. The number of aromatic nitrogens is 1. The summed E-state index contributed by atoms with van der Waals surface area (Å²) in [7, 11) is 0. The second kappa shape index (κ2) is 7.02. The van der Waals surface area contributed by atoms with Crippen molar-refractivity contribution in [3.63, 3.8) is 0 Å². The highest BCUT2D eigenvalue weighted by atomic mass is 35.5. The molecule has 0 radical (unpaired) electrons. The number of fused-ring (bicyclic) bond motifs is 1. The number of carbonyl (C=O) groups is 1. The van der Waals surface area contributed by atoms with Gasteiger partial charge in [-0.25, -0.2) is 4.79 Å². The molecule has 0 aliphatic carbocycles. The van der Waals surface area contributed by atoms with Crippen LogP contribution in [0.4, 0.5) is 0 Å². The molecule has 4 aromatic rings. The first-order valence-electron chi connectivity index (χ1n) is 8.09. The van der Waals surface area contributed by atoms with Gasteiger partial charge in [-0.2, -0.15) is 0 Å². The predicted molar refractivity (Wildman–Crippen MR) is 99.7 cm³/mol. The summed E-state index contributed by atoms with van der Waals surface area (Å²) in [6.07, 6.45) is 0.632. The van der Waals surface area contributed by atoms with Crippen LogP contribution in [0, 0.1) is 0 Å². The number of benzene rings is 3. The molecule has 0 amide bonds. The Morgan fingerprint density at radius 3 is 2.54 bits per heavy atom. The van der Waals surface area contributed by atoms with E-state index in [2.05, 4.69) is 5.16 Å². The van der Waals surface area contributed by atoms with E-state index in [0.717, 1.165) is 16.6 Å². The van der Waals surface area contributed by atoms with Gasteiger partial charge in [0.1, 0.15) is 5.75 Å². The lowest BCUT2D eigenvalue weighted by molar-refractivity contribution is 0.0735. The van der Waals surface area contributed by atoms with Gasteiger partial charge in [-0.15, -0.1) is 0 Å². The third-order valence-corrected chi connectivity index (χ3v) is 4.28. The van der Waals surface area contributed by atoms with Crippen molar-refractivity contribution in [2.45, 2.75) is 6.42 Å². The Morgan fingerprint density at radius 2 is 1.77 bits per heavy atom. The number of halogens is 1. The van der Waals surface area contributed by atoms with Gasteiger partial charge >= 0.3 is 5.97 Å². The highest BCUT2D eigenvalue weighted by Crippen LogP contribution is 2.26. The fourth-order valence-electron chi connectivity index (χ4n) is 2.70. The van der Waals surface area contributed by atoms with Crippen molar-refractivity contribution < 1.29 is 14.1 Å². The van der Waals surface area contributed by atoms with E-state index in [1.807, 2.05) is 36.4 Å². The first-order chi connectivity index (χ1) is 12.7. The zero-order valence-corrected chi connectivity index (χ0v) is 14.4. The number of hydrogen-bond acceptors (Lipinski definition) is 4. The number of carbonyl (C=O) groups excluding carboxylic acids is 1. The summed E-state index contributed by atoms with van der Waals surface area (Å²) in [5.74, 6) is 0.00593. The van der Waals surface area contributed by atoms with Gasteiger partial charge in [0.15, 0.2) is 5.58 Å². The Morgan fingerprint density at radius 1 is 1.00 bits per heavy atom. The normalized spacial score (nSPS) is 10.8. The minimum Gasteiger partial charge on any atom is -0.423 e. The third-order valence-electron chi connectivity index (χ3n) is 4.02. The summed E-state index contributed by atoms with van der Waals surface area (Å²) in [5.41, 5.74) is 2.98. The third kappa shape index (κ3) is 3.46. The average Bonchev–Trinajstić information content (AvgIpc) is 3.06. The van der Waals surface area contributed by atoms with Gasteiger partial charge in [-0.3, -0.25) is 0 Å². The summed E-state index contributed by atoms with van der Waals surface area (Å²) in [6, 6.07) is 21.7. The lowest BCUT2D eigenvalue weighted by atomic mass is 10.1. The van der Waals surface area contributed by atoms with Gasteiger partial charge in [-0.1, -0.05) is 47.1 Å². The minimum atomic E-state index is -0.411. The molecule has 128 valence electrons. The fraction of sp³-hybridized carbons (Fsp3) is 0.0476. The second-order valence-electron chi connectivity index (χ2n) is 5.85. The molecule has 0 spiro atoms. The van der Waals surface area contributed by atoms with E-state index in [-0.39, 0.29) is 0 Å².